The third-order valence-electron chi connectivity index (χ3n) is 3.24. The highest BCUT2D eigenvalue weighted by molar-refractivity contribution is 8.04. The first-order valence-electron chi connectivity index (χ1n) is 7.22. The highest BCUT2D eigenvalue weighted by Gasteiger charge is 2.23. The van der Waals surface area contributed by atoms with Gasteiger partial charge in [0, 0.05) is 5.56 Å². The van der Waals surface area contributed by atoms with Crippen molar-refractivity contribution in [1.82, 2.24) is 0 Å². The summed E-state index contributed by atoms with van der Waals surface area (Å²) >= 11 is 2.04. The molecule has 0 unspecified atom stereocenters. The number of nitrogens with zero attached hydrogens (tertiary/aromatic N) is 1. The Morgan fingerprint density at radius 2 is 1.96 bits per heavy atom. The van der Waals surface area contributed by atoms with E-state index in [9.17, 15) is 9.59 Å². The van der Waals surface area contributed by atoms with Crippen LogP contribution in [0.15, 0.2) is 29.2 Å². The van der Waals surface area contributed by atoms with Crippen molar-refractivity contribution in [3.63, 3.8) is 0 Å². The molecule has 0 atom stereocenters. The SMILES string of the molecule is CCOC(=O)c1sc(NC(=O)c2ccc(C)cc2)c(SC#N)c1C. The summed E-state index contributed by atoms with van der Waals surface area (Å²) in [4.78, 5) is 25.4. The molecule has 0 saturated heterocycles. The molecule has 0 bridgehead atoms. The minimum Gasteiger partial charge on any atom is -0.462 e. The molecule has 0 aliphatic carbocycles. The van der Waals surface area contributed by atoms with Gasteiger partial charge in [-0.1, -0.05) is 17.7 Å². The Hall–Kier alpha value is -2.30. The van der Waals surface area contributed by atoms with Crippen LogP contribution < -0.4 is 5.32 Å². The van der Waals surface area contributed by atoms with Gasteiger partial charge in [-0.15, -0.1) is 11.3 Å². The number of amides is 1. The maximum absolute atomic E-state index is 12.4. The molecule has 2 aromatic rings. The minimum absolute atomic E-state index is 0.266. The number of rotatable bonds is 5. The van der Waals surface area contributed by atoms with Gasteiger partial charge in [0.2, 0.25) is 0 Å². The molecular weight excluding hydrogens is 344 g/mol. The van der Waals surface area contributed by atoms with Gasteiger partial charge < -0.3 is 10.1 Å². The molecule has 5 nitrogen and oxygen atoms in total. The minimum atomic E-state index is -0.448. The molecule has 1 aromatic heterocycles. The van der Waals surface area contributed by atoms with Gasteiger partial charge >= 0.3 is 5.97 Å². The van der Waals surface area contributed by atoms with E-state index in [0.717, 1.165) is 28.7 Å². The third-order valence-corrected chi connectivity index (χ3v) is 5.36. The van der Waals surface area contributed by atoms with E-state index in [-0.39, 0.29) is 12.5 Å². The summed E-state index contributed by atoms with van der Waals surface area (Å²) in [5, 5.41) is 14.2. The quantitative estimate of drug-likeness (QED) is 0.487. The number of thioether (sulfide) groups is 1. The number of nitriles is 1. The first-order valence-corrected chi connectivity index (χ1v) is 8.85. The summed E-state index contributed by atoms with van der Waals surface area (Å²) in [5.41, 5.74) is 2.21. The van der Waals surface area contributed by atoms with Crippen molar-refractivity contribution in [2.45, 2.75) is 25.7 Å². The second kappa shape index (κ2) is 7.99. The number of thiocyanates is 1. The summed E-state index contributed by atoms with van der Waals surface area (Å²) in [5.74, 6) is -0.734. The van der Waals surface area contributed by atoms with Gasteiger partial charge in [-0.2, -0.15) is 5.26 Å². The van der Waals surface area contributed by atoms with Crippen LogP contribution in [0.4, 0.5) is 5.00 Å². The smallest absolute Gasteiger partial charge is 0.348 e. The number of aryl methyl sites for hydroxylation is 1. The Labute approximate surface area is 148 Å². The molecule has 7 heteroatoms. The lowest BCUT2D eigenvalue weighted by atomic mass is 10.1. The number of hydrogen-bond donors (Lipinski definition) is 1. The zero-order valence-electron chi connectivity index (χ0n) is 13.5. The number of anilines is 1. The van der Waals surface area contributed by atoms with Crippen LogP contribution in [-0.4, -0.2) is 18.5 Å². The van der Waals surface area contributed by atoms with Crippen LogP contribution in [0.5, 0.6) is 0 Å². The van der Waals surface area contributed by atoms with Crippen molar-refractivity contribution in [3.05, 3.63) is 45.8 Å². The molecule has 2 rings (SSSR count). The lowest BCUT2D eigenvalue weighted by molar-refractivity contribution is 0.0531. The largest absolute Gasteiger partial charge is 0.462 e. The first-order chi connectivity index (χ1) is 11.5. The monoisotopic (exact) mass is 360 g/mol. The molecule has 0 radical (unpaired) electrons. The highest BCUT2D eigenvalue weighted by atomic mass is 32.2. The molecular formula is C17H16N2O3S2. The van der Waals surface area contributed by atoms with E-state index in [1.54, 1.807) is 26.0 Å². The Bertz CT molecular complexity index is 804. The molecule has 1 aromatic carbocycles. The summed E-state index contributed by atoms with van der Waals surface area (Å²) in [6.07, 6.45) is 0. The van der Waals surface area contributed by atoms with E-state index in [0.29, 0.717) is 25.9 Å². The van der Waals surface area contributed by atoms with Crippen LogP contribution in [0, 0.1) is 24.5 Å². The van der Waals surface area contributed by atoms with Gasteiger partial charge in [0.1, 0.15) is 15.3 Å². The Kier molecular flexibility index (Phi) is 6.01. The van der Waals surface area contributed by atoms with E-state index in [1.807, 2.05) is 24.5 Å². The Balaban J connectivity index is 2.33. The van der Waals surface area contributed by atoms with Gasteiger partial charge in [-0.25, -0.2) is 4.79 Å². The number of ether oxygens (including phenoxy) is 1. The zero-order valence-corrected chi connectivity index (χ0v) is 15.1. The molecule has 0 spiro atoms. The molecule has 124 valence electrons. The zero-order chi connectivity index (χ0) is 17.7. The second-order valence-electron chi connectivity index (χ2n) is 4.95. The number of thiophene rings is 1. The lowest BCUT2D eigenvalue weighted by Gasteiger charge is -2.05. The molecule has 24 heavy (non-hydrogen) atoms. The third kappa shape index (κ3) is 3.96. The van der Waals surface area contributed by atoms with E-state index in [1.165, 1.54) is 0 Å². The van der Waals surface area contributed by atoms with Gasteiger partial charge in [0.15, 0.2) is 0 Å². The van der Waals surface area contributed by atoms with Crippen LogP contribution in [0.3, 0.4) is 0 Å². The number of esters is 1. The number of benzene rings is 1. The van der Waals surface area contributed by atoms with Crippen LogP contribution >= 0.6 is 23.1 Å². The van der Waals surface area contributed by atoms with Crippen molar-refractivity contribution in [2.75, 3.05) is 11.9 Å². The second-order valence-corrected chi connectivity index (χ2v) is 6.76. The van der Waals surface area contributed by atoms with Gasteiger partial charge in [-0.3, -0.25) is 4.79 Å². The van der Waals surface area contributed by atoms with Crippen molar-refractivity contribution in [3.8, 4) is 5.40 Å². The summed E-state index contributed by atoms with van der Waals surface area (Å²) in [6.45, 7) is 5.68. The molecule has 0 saturated carbocycles. The fourth-order valence-electron chi connectivity index (χ4n) is 2.02. The van der Waals surface area contributed by atoms with E-state index < -0.39 is 5.97 Å². The Morgan fingerprint density at radius 1 is 1.29 bits per heavy atom. The fourth-order valence-corrected chi connectivity index (χ4v) is 3.82. The van der Waals surface area contributed by atoms with E-state index >= 15 is 0 Å². The molecule has 0 aliphatic heterocycles. The molecule has 1 amide bonds. The van der Waals surface area contributed by atoms with Gasteiger partial charge in [0.05, 0.1) is 11.5 Å². The Morgan fingerprint density at radius 3 is 2.54 bits per heavy atom. The first kappa shape index (κ1) is 18.0. The fraction of sp³-hybridized carbons (Fsp3) is 0.235. The number of nitrogens with one attached hydrogen (secondary N) is 1. The van der Waals surface area contributed by atoms with E-state index in [2.05, 4.69) is 5.32 Å². The summed E-state index contributed by atoms with van der Waals surface area (Å²) in [7, 11) is 0. The molecule has 0 fully saturated rings. The average Bonchev–Trinajstić information content (AvgIpc) is 2.85. The van der Waals surface area contributed by atoms with Crippen LogP contribution in [0.2, 0.25) is 0 Å². The predicted octanol–water partition coefficient (Wildman–Crippen LogP) is 4.37. The maximum atomic E-state index is 12.4. The standard InChI is InChI=1S/C17H16N2O3S2/c1-4-22-17(21)14-11(3)13(23-9-18)16(24-14)19-15(20)12-7-5-10(2)6-8-12/h5-8H,4H2,1-3H3,(H,19,20). The molecule has 0 aliphatic rings. The van der Waals surface area contributed by atoms with Crippen molar-refractivity contribution in [2.24, 2.45) is 0 Å². The average molecular weight is 360 g/mol. The number of hydrogen-bond acceptors (Lipinski definition) is 6. The van der Waals surface area contributed by atoms with Crippen LogP contribution in [-0.2, 0) is 4.74 Å². The topological polar surface area (TPSA) is 79.2 Å². The van der Waals surface area contributed by atoms with Crippen LogP contribution in [0.25, 0.3) is 0 Å². The van der Waals surface area contributed by atoms with Gasteiger partial charge in [-0.05, 0) is 50.2 Å². The van der Waals surface area contributed by atoms with Crippen LogP contribution in [0.1, 0.15) is 38.1 Å². The normalized spacial score (nSPS) is 10.1. The van der Waals surface area contributed by atoms with Crippen molar-refractivity contribution < 1.29 is 14.3 Å². The summed E-state index contributed by atoms with van der Waals surface area (Å²) < 4.78 is 5.02. The number of carbonyl (C=O) groups excluding carboxylic acids is 2. The maximum Gasteiger partial charge on any atom is 0.348 e. The lowest BCUT2D eigenvalue weighted by Crippen LogP contribution is -2.11. The number of carbonyl (C=O) groups is 2. The van der Waals surface area contributed by atoms with Crippen molar-refractivity contribution in [1.29, 1.82) is 5.26 Å². The molecule has 1 N–H and O–H groups in total. The highest BCUT2D eigenvalue weighted by Crippen LogP contribution is 2.40. The van der Waals surface area contributed by atoms with Crippen molar-refractivity contribution >= 4 is 40.0 Å². The van der Waals surface area contributed by atoms with E-state index in [4.69, 9.17) is 10.00 Å². The molecule has 1 heterocycles. The van der Waals surface area contributed by atoms with Gasteiger partial charge in [0.25, 0.3) is 5.91 Å². The predicted molar refractivity (Wildman–Crippen MR) is 95.6 cm³/mol. The summed E-state index contributed by atoms with van der Waals surface area (Å²) in [6, 6.07) is 7.16.